The summed E-state index contributed by atoms with van der Waals surface area (Å²) in [7, 11) is 1.85. The number of amides is 1. The van der Waals surface area contributed by atoms with Crippen molar-refractivity contribution in [1.29, 1.82) is 0 Å². The molecule has 1 aromatic rings. The Morgan fingerprint density at radius 1 is 1.14 bits per heavy atom. The van der Waals surface area contributed by atoms with Crippen LogP contribution in [0.25, 0.3) is 0 Å². The van der Waals surface area contributed by atoms with Crippen LogP contribution in [0, 0.1) is 5.92 Å². The Labute approximate surface area is 84.5 Å². The first-order valence-electron chi connectivity index (χ1n) is 4.99. The lowest BCUT2D eigenvalue weighted by Gasteiger charge is -2.34. The van der Waals surface area contributed by atoms with Crippen molar-refractivity contribution < 1.29 is 4.79 Å². The molecule has 1 aromatic carbocycles. The summed E-state index contributed by atoms with van der Waals surface area (Å²) in [5.74, 6) is 0.640. The lowest BCUT2D eigenvalue weighted by Crippen LogP contribution is -2.38. The highest BCUT2D eigenvalue weighted by atomic mass is 16.2. The Morgan fingerprint density at radius 3 is 2.50 bits per heavy atom. The van der Waals surface area contributed by atoms with E-state index in [4.69, 9.17) is 0 Å². The van der Waals surface area contributed by atoms with Crippen LogP contribution in [0.3, 0.4) is 0 Å². The number of rotatable bonds is 0. The van der Waals surface area contributed by atoms with Gasteiger partial charge in [-0.15, -0.1) is 0 Å². The van der Waals surface area contributed by atoms with E-state index in [0.717, 1.165) is 5.69 Å². The molecule has 74 valence electrons. The second-order valence-electron chi connectivity index (χ2n) is 4.03. The van der Waals surface area contributed by atoms with E-state index in [1.54, 1.807) is 4.90 Å². The molecule has 0 saturated heterocycles. The molecule has 1 amide bonds. The minimum atomic E-state index is 0.0925. The zero-order valence-electron chi connectivity index (χ0n) is 8.82. The van der Waals surface area contributed by atoms with Gasteiger partial charge in [-0.05, 0) is 17.5 Å². The molecule has 2 atom stereocenters. The van der Waals surface area contributed by atoms with Gasteiger partial charge < -0.3 is 4.90 Å². The minimum absolute atomic E-state index is 0.0925. The number of fused-ring (bicyclic) bond motifs is 1. The van der Waals surface area contributed by atoms with Crippen molar-refractivity contribution in [2.45, 2.75) is 19.8 Å². The van der Waals surface area contributed by atoms with Crippen molar-refractivity contribution >= 4 is 11.6 Å². The van der Waals surface area contributed by atoms with E-state index < -0.39 is 0 Å². The van der Waals surface area contributed by atoms with E-state index in [-0.39, 0.29) is 11.8 Å². The van der Waals surface area contributed by atoms with Crippen molar-refractivity contribution in [2.75, 3.05) is 11.9 Å². The molecule has 0 bridgehead atoms. The van der Waals surface area contributed by atoms with E-state index in [0.29, 0.717) is 5.92 Å². The highest BCUT2D eigenvalue weighted by Crippen LogP contribution is 2.37. The average molecular weight is 189 g/mol. The van der Waals surface area contributed by atoms with Crippen molar-refractivity contribution in [3.05, 3.63) is 29.8 Å². The van der Waals surface area contributed by atoms with E-state index >= 15 is 0 Å². The standard InChI is InChI=1S/C12H15NO/c1-8-9(2)12(14)13(3)11-7-5-4-6-10(8)11/h4-9H,1-3H3. The summed E-state index contributed by atoms with van der Waals surface area (Å²) >= 11 is 0. The van der Waals surface area contributed by atoms with Gasteiger partial charge >= 0.3 is 0 Å². The van der Waals surface area contributed by atoms with Crippen LogP contribution in [0.15, 0.2) is 24.3 Å². The summed E-state index contributed by atoms with van der Waals surface area (Å²) in [5, 5.41) is 0. The smallest absolute Gasteiger partial charge is 0.230 e. The summed E-state index contributed by atoms with van der Waals surface area (Å²) in [4.78, 5) is 13.6. The van der Waals surface area contributed by atoms with Gasteiger partial charge in [-0.2, -0.15) is 0 Å². The highest BCUT2D eigenvalue weighted by Gasteiger charge is 2.32. The third-order valence-electron chi connectivity index (χ3n) is 3.26. The molecule has 1 aliphatic rings. The largest absolute Gasteiger partial charge is 0.315 e. The molecule has 0 N–H and O–H groups in total. The lowest BCUT2D eigenvalue weighted by molar-refractivity contribution is -0.122. The molecule has 2 rings (SSSR count). The summed E-state index contributed by atoms with van der Waals surface area (Å²) in [6.45, 7) is 4.12. The fourth-order valence-corrected chi connectivity index (χ4v) is 2.09. The highest BCUT2D eigenvalue weighted by molar-refractivity contribution is 5.98. The van der Waals surface area contributed by atoms with E-state index in [2.05, 4.69) is 13.0 Å². The summed E-state index contributed by atoms with van der Waals surface area (Å²) in [6, 6.07) is 8.13. The normalized spacial score (nSPS) is 26.2. The predicted molar refractivity (Wildman–Crippen MR) is 57.4 cm³/mol. The van der Waals surface area contributed by atoms with Gasteiger partial charge in [0.2, 0.25) is 5.91 Å². The van der Waals surface area contributed by atoms with Crippen LogP contribution in [-0.2, 0) is 4.79 Å². The van der Waals surface area contributed by atoms with Crippen molar-refractivity contribution in [2.24, 2.45) is 5.92 Å². The molecule has 0 spiro atoms. The molecule has 1 aliphatic heterocycles. The molecule has 0 fully saturated rings. The van der Waals surface area contributed by atoms with Gasteiger partial charge in [0, 0.05) is 18.7 Å². The number of nitrogens with zero attached hydrogens (tertiary/aromatic N) is 1. The Bertz CT molecular complexity index is 372. The van der Waals surface area contributed by atoms with E-state index in [9.17, 15) is 4.79 Å². The first kappa shape index (κ1) is 9.25. The van der Waals surface area contributed by atoms with Crippen molar-refractivity contribution in [1.82, 2.24) is 0 Å². The number of hydrogen-bond donors (Lipinski definition) is 0. The topological polar surface area (TPSA) is 20.3 Å². The number of para-hydroxylation sites is 1. The number of hydrogen-bond acceptors (Lipinski definition) is 1. The van der Waals surface area contributed by atoms with E-state index in [1.807, 2.05) is 32.2 Å². The van der Waals surface area contributed by atoms with Gasteiger partial charge in [0.15, 0.2) is 0 Å². The molecule has 2 nitrogen and oxygen atoms in total. The van der Waals surface area contributed by atoms with Gasteiger partial charge in [0.25, 0.3) is 0 Å². The summed E-state index contributed by atoms with van der Waals surface area (Å²) in [5.41, 5.74) is 2.34. The minimum Gasteiger partial charge on any atom is -0.315 e. The molecule has 14 heavy (non-hydrogen) atoms. The third-order valence-corrected chi connectivity index (χ3v) is 3.26. The van der Waals surface area contributed by atoms with Gasteiger partial charge in [-0.1, -0.05) is 32.0 Å². The molecular weight excluding hydrogens is 174 g/mol. The second-order valence-corrected chi connectivity index (χ2v) is 4.03. The molecule has 0 radical (unpaired) electrons. The van der Waals surface area contributed by atoms with Crippen LogP contribution < -0.4 is 4.90 Å². The van der Waals surface area contributed by atoms with Crippen LogP contribution in [0.2, 0.25) is 0 Å². The summed E-state index contributed by atoms with van der Waals surface area (Å²) < 4.78 is 0. The van der Waals surface area contributed by atoms with Gasteiger partial charge in [0.05, 0.1) is 0 Å². The average Bonchev–Trinajstić information content (AvgIpc) is 2.23. The SMILES string of the molecule is CC1C(=O)N(C)c2ccccc2C1C. The van der Waals surface area contributed by atoms with Crippen molar-refractivity contribution in [3.8, 4) is 0 Å². The van der Waals surface area contributed by atoms with Gasteiger partial charge in [0.1, 0.15) is 0 Å². The molecule has 0 saturated carbocycles. The van der Waals surface area contributed by atoms with Gasteiger partial charge in [-0.25, -0.2) is 0 Å². The number of carbonyl (C=O) groups excluding carboxylic acids is 1. The van der Waals surface area contributed by atoms with Crippen LogP contribution in [0.4, 0.5) is 5.69 Å². The summed E-state index contributed by atoms with van der Waals surface area (Å²) in [6.07, 6.45) is 0. The zero-order chi connectivity index (χ0) is 10.3. The second kappa shape index (κ2) is 3.12. The molecule has 0 aromatic heterocycles. The zero-order valence-corrected chi connectivity index (χ0v) is 8.82. The molecule has 2 unspecified atom stereocenters. The fourth-order valence-electron chi connectivity index (χ4n) is 2.09. The molecule has 0 aliphatic carbocycles. The first-order valence-corrected chi connectivity index (χ1v) is 4.99. The van der Waals surface area contributed by atoms with Crippen LogP contribution in [0.1, 0.15) is 25.3 Å². The maximum absolute atomic E-state index is 11.8. The fraction of sp³-hybridized carbons (Fsp3) is 0.417. The number of anilines is 1. The van der Waals surface area contributed by atoms with Crippen LogP contribution in [-0.4, -0.2) is 13.0 Å². The quantitative estimate of drug-likeness (QED) is 0.613. The first-order chi connectivity index (χ1) is 6.63. The number of benzene rings is 1. The lowest BCUT2D eigenvalue weighted by atomic mass is 9.83. The molecule has 2 heteroatoms. The molecule has 1 heterocycles. The molecular formula is C12H15NO. The maximum Gasteiger partial charge on any atom is 0.230 e. The van der Waals surface area contributed by atoms with E-state index in [1.165, 1.54) is 5.56 Å². The third kappa shape index (κ3) is 1.14. The Kier molecular flexibility index (Phi) is 2.06. The van der Waals surface area contributed by atoms with Crippen molar-refractivity contribution in [3.63, 3.8) is 0 Å². The predicted octanol–water partition coefficient (Wildman–Crippen LogP) is 2.40. The number of carbonyl (C=O) groups is 1. The Hall–Kier alpha value is -1.31. The Balaban J connectivity index is 2.56. The maximum atomic E-state index is 11.8. The van der Waals surface area contributed by atoms with Gasteiger partial charge in [-0.3, -0.25) is 4.79 Å². The van der Waals surface area contributed by atoms with Crippen LogP contribution >= 0.6 is 0 Å². The monoisotopic (exact) mass is 189 g/mol. The van der Waals surface area contributed by atoms with Crippen LogP contribution in [0.5, 0.6) is 0 Å². The Morgan fingerprint density at radius 2 is 1.79 bits per heavy atom.